The Morgan fingerprint density at radius 3 is 2.56 bits per heavy atom. The number of piperidine rings is 1. The molecule has 0 aliphatic carbocycles. The van der Waals surface area contributed by atoms with E-state index in [0.29, 0.717) is 18.7 Å². The summed E-state index contributed by atoms with van der Waals surface area (Å²) in [6.45, 7) is 9.56. The van der Waals surface area contributed by atoms with Crippen molar-refractivity contribution >= 4 is 23.0 Å². The van der Waals surface area contributed by atoms with Crippen LogP contribution >= 0.6 is 0 Å². The normalized spacial score (nSPS) is 15.2. The number of carboxylic acids is 1. The van der Waals surface area contributed by atoms with Crippen molar-refractivity contribution < 1.29 is 14.6 Å². The first-order valence-corrected chi connectivity index (χ1v) is 11.6. The molecule has 0 spiro atoms. The van der Waals surface area contributed by atoms with Gasteiger partial charge in [-0.1, -0.05) is 13.0 Å². The highest BCUT2D eigenvalue weighted by Crippen LogP contribution is 2.36. The molecular formula is C24H35N5O3. The fourth-order valence-electron chi connectivity index (χ4n) is 4.35. The maximum Gasteiger partial charge on any atom is 0.316 e. The third-order valence-electron chi connectivity index (χ3n) is 5.99. The Bertz CT molecular complexity index is 868. The Morgan fingerprint density at radius 1 is 1.25 bits per heavy atom. The fourth-order valence-corrected chi connectivity index (χ4v) is 4.35. The molecule has 32 heavy (non-hydrogen) atoms. The third kappa shape index (κ3) is 6.09. The molecule has 1 aliphatic rings. The fraction of sp³-hybridized carbons (Fsp3) is 0.542. The monoisotopic (exact) mass is 441 g/mol. The summed E-state index contributed by atoms with van der Waals surface area (Å²) in [4.78, 5) is 22.4. The average Bonchev–Trinajstić information content (AvgIpc) is 2.81. The van der Waals surface area contributed by atoms with Gasteiger partial charge in [0.15, 0.2) is 0 Å². The number of carboxylic acid groups (broad SMARTS) is 1. The van der Waals surface area contributed by atoms with Gasteiger partial charge in [0.25, 0.3) is 0 Å². The average molecular weight is 442 g/mol. The number of hydrogen-bond donors (Lipinski definition) is 3. The highest BCUT2D eigenvalue weighted by molar-refractivity contribution is 5.77. The van der Waals surface area contributed by atoms with Crippen molar-refractivity contribution in [2.45, 2.75) is 58.4 Å². The summed E-state index contributed by atoms with van der Waals surface area (Å²) < 4.78 is 5.35. The van der Waals surface area contributed by atoms with Crippen LogP contribution in [0.25, 0.3) is 0 Å². The number of hydrogen-bond acceptors (Lipinski definition) is 7. The zero-order valence-electron chi connectivity index (χ0n) is 19.3. The van der Waals surface area contributed by atoms with Crippen LogP contribution in [-0.2, 0) is 4.79 Å². The number of nitrogens with zero attached hydrogens (tertiary/aromatic N) is 3. The van der Waals surface area contributed by atoms with Crippen molar-refractivity contribution in [3.05, 3.63) is 36.2 Å². The molecule has 3 N–H and O–H groups in total. The topological polar surface area (TPSA) is 99.6 Å². The Hall–Kier alpha value is -2.87. The van der Waals surface area contributed by atoms with Crippen molar-refractivity contribution in [1.82, 2.24) is 15.3 Å². The van der Waals surface area contributed by atoms with E-state index in [2.05, 4.69) is 50.6 Å². The minimum atomic E-state index is -0.778. The van der Waals surface area contributed by atoms with Crippen LogP contribution in [0, 0.1) is 0 Å². The Morgan fingerprint density at radius 2 is 1.97 bits per heavy atom. The van der Waals surface area contributed by atoms with Crippen LogP contribution in [0.15, 0.2) is 30.6 Å². The number of benzene rings is 1. The zero-order valence-corrected chi connectivity index (χ0v) is 19.3. The molecule has 0 bridgehead atoms. The number of carbonyl (C=O) groups is 1. The molecule has 0 radical (unpaired) electrons. The number of aromatic nitrogens is 2. The lowest BCUT2D eigenvalue weighted by Crippen LogP contribution is -2.43. The Kier molecular flexibility index (Phi) is 8.67. The summed E-state index contributed by atoms with van der Waals surface area (Å²) in [7, 11) is 0. The number of anilines is 3. The van der Waals surface area contributed by atoms with Crippen molar-refractivity contribution in [2.24, 2.45) is 0 Å². The first-order valence-electron chi connectivity index (χ1n) is 11.6. The van der Waals surface area contributed by atoms with E-state index in [1.54, 1.807) is 12.4 Å². The van der Waals surface area contributed by atoms with E-state index in [9.17, 15) is 9.90 Å². The molecule has 0 saturated carbocycles. The van der Waals surface area contributed by atoms with Gasteiger partial charge in [-0.05, 0) is 69.8 Å². The molecule has 3 rings (SSSR count). The lowest BCUT2D eigenvalue weighted by atomic mass is 9.92. The lowest BCUT2D eigenvalue weighted by Gasteiger charge is -2.37. The van der Waals surface area contributed by atoms with Crippen LogP contribution in [0.2, 0.25) is 0 Å². The molecule has 1 fully saturated rings. The summed E-state index contributed by atoms with van der Waals surface area (Å²) in [5, 5.41) is 16.3. The van der Waals surface area contributed by atoms with Crippen LogP contribution in [0.1, 0.15) is 57.9 Å². The molecule has 2 aromatic rings. The number of aliphatic carboxylic acids is 1. The maximum atomic E-state index is 11.4. The number of rotatable bonds is 11. The number of ether oxygens (including phenoxy) is 1. The highest BCUT2D eigenvalue weighted by atomic mass is 16.5. The first-order chi connectivity index (χ1) is 15.5. The molecule has 8 heteroatoms. The summed E-state index contributed by atoms with van der Waals surface area (Å²) in [6, 6.07) is 7.11. The minimum absolute atomic E-state index is 0.0346. The zero-order chi connectivity index (χ0) is 22.9. The van der Waals surface area contributed by atoms with E-state index in [4.69, 9.17) is 4.74 Å². The second kappa shape index (κ2) is 11.7. The van der Waals surface area contributed by atoms with Gasteiger partial charge < -0.3 is 25.4 Å². The lowest BCUT2D eigenvalue weighted by molar-refractivity contribution is -0.137. The van der Waals surface area contributed by atoms with Gasteiger partial charge >= 0.3 is 12.0 Å². The highest BCUT2D eigenvalue weighted by Gasteiger charge is 2.23. The van der Waals surface area contributed by atoms with Crippen LogP contribution < -0.4 is 20.3 Å². The first kappa shape index (κ1) is 23.8. The predicted molar refractivity (Wildman–Crippen MR) is 127 cm³/mol. The van der Waals surface area contributed by atoms with Crippen molar-refractivity contribution in [1.29, 1.82) is 0 Å². The summed E-state index contributed by atoms with van der Waals surface area (Å²) in [6.07, 6.45) is 6.50. The summed E-state index contributed by atoms with van der Waals surface area (Å²) >= 11 is 0. The Balaban J connectivity index is 1.96. The van der Waals surface area contributed by atoms with E-state index in [-0.39, 0.29) is 12.3 Å². The quantitative estimate of drug-likeness (QED) is 0.478. The van der Waals surface area contributed by atoms with Gasteiger partial charge in [-0.15, -0.1) is 0 Å². The summed E-state index contributed by atoms with van der Waals surface area (Å²) in [5.41, 5.74) is 3.84. The number of nitrogens with one attached hydrogen (secondary N) is 2. The molecule has 0 amide bonds. The molecule has 2 heterocycles. The smallest absolute Gasteiger partial charge is 0.316 e. The van der Waals surface area contributed by atoms with Gasteiger partial charge in [0, 0.05) is 12.6 Å². The molecule has 1 aromatic carbocycles. The van der Waals surface area contributed by atoms with Crippen LogP contribution in [0.4, 0.5) is 17.1 Å². The van der Waals surface area contributed by atoms with Gasteiger partial charge in [0.2, 0.25) is 0 Å². The van der Waals surface area contributed by atoms with Gasteiger partial charge in [-0.2, -0.15) is 0 Å². The van der Waals surface area contributed by atoms with Gasteiger partial charge in [-0.3, -0.25) is 4.79 Å². The van der Waals surface area contributed by atoms with Crippen LogP contribution in [-0.4, -0.2) is 53.3 Å². The van der Waals surface area contributed by atoms with Crippen LogP contribution in [0.5, 0.6) is 6.01 Å². The standard InChI is InChI=1S/C24H35N5O3/c1-4-17(14-23(30)31)18-7-8-22(29(5-2)20-9-11-25-12-10-20)21(13-18)28-19-15-26-24(27-16-19)32-6-3/h7-8,13,15-17,20,25,28H,4-6,9-12,14H2,1-3H3,(H,30,31)/t17-/m1/s1. The van der Waals surface area contributed by atoms with Crippen molar-refractivity contribution in [3.63, 3.8) is 0 Å². The molecule has 1 saturated heterocycles. The molecule has 1 aromatic heterocycles. The SMILES string of the molecule is CCOc1ncc(Nc2cc([C@H](CC)CC(=O)O)ccc2N(CC)C2CCNCC2)cn1. The molecule has 1 aliphatic heterocycles. The molecular weight excluding hydrogens is 406 g/mol. The maximum absolute atomic E-state index is 11.4. The molecule has 1 atom stereocenters. The van der Waals surface area contributed by atoms with E-state index in [0.717, 1.165) is 61.5 Å². The van der Waals surface area contributed by atoms with E-state index in [1.807, 2.05) is 13.8 Å². The minimum Gasteiger partial charge on any atom is -0.481 e. The third-order valence-corrected chi connectivity index (χ3v) is 5.99. The van der Waals surface area contributed by atoms with Gasteiger partial charge in [0.1, 0.15) is 0 Å². The predicted octanol–water partition coefficient (Wildman–Crippen LogP) is 4.17. The molecule has 0 unspecified atom stereocenters. The molecule has 174 valence electrons. The van der Waals surface area contributed by atoms with E-state index in [1.165, 1.54) is 0 Å². The van der Waals surface area contributed by atoms with E-state index < -0.39 is 5.97 Å². The summed E-state index contributed by atoms with van der Waals surface area (Å²) in [5.74, 6) is -0.812. The van der Waals surface area contributed by atoms with E-state index >= 15 is 0 Å². The van der Waals surface area contributed by atoms with Crippen LogP contribution in [0.3, 0.4) is 0 Å². The second-order valence-corrected chi connectivity index (χ2v) is 8.06. The van der Waals surface area contributed by atoms with Crippen molar-refractivity contribution in [3.8, 4) is 6.01 Å². The van der Waals surface area contributed by atoms with Gasteiger partial charge in [-0.25, -0.2) is 9.97 Å². The second-order valence-electron chi connectivity index (χ2n) is 8.06. The molecule has 8 nitrogen and oxygen atoms in total. The Labute approximate surface area is 190 Å². The van der Waals surface area contributed by atoms with Crippen molar-refractivity contribution in [2.75, 3.05) is 36.5 Å². The van der Waals surface area contributed by atoms with Gasteiger partial charge in [0.05, 0.1) is 42.5 Å². The largest absolute Gasteiger partial charge is 0.481 e.